The zero-order valence-corrected chi connectivity index (χ0v) is 12.6. The molecule has 98 valence electrons. The molecule has 0 saturated carbocycles. The van der Waals surface area contributed by atoms with Crippen molar-refractivity contribution in [1.29, 1.82) is 0 Å². The minimum Gasteiger partial charge on any atom is -0.746 e. The van der Waals surface area contributed by atoms with E-state index in [0.29, 0.717) is 0 Å². The molecule has 1 heterocycles. The molecule has 0 aliphatic heterocycles. The second-order valence-corrected chi connectivity index (χ2v) is 4.79. The largest absolute Gasteiger partial charge is 1.00 e. The Kier molecular flexibility index (Phi) is 6.77. The van der Waals surface area contributed by atoms with Gasteiger partial charge in [0.2, 0.25) is 0 Å². The molecule has 8 nitrogen and oxygen atoms in total. The van der Waals surface area contributed by atoms with E-state index >= 15 is 0 Å². The van der Waals surface area contributed by atoms with Crippen LogP contribution in [0.3, 0.4) is 0 Å². The summed E-state index contributed by atoms with van der Waals surface area (Å²) in [6.07, 6.45) is 1.05. The fourth-order valence-corrected chi connectivity index (χ4v) is 1.79. The summed E-state index contributed by atoms with van der Waals surface area (Å²) in [4.78, 5) is 25.0. The third-order valence-electron chi connectivity index (χ3n) is 2.12. The first-order valence-electron chi connectivity index (χ1n) is 4.54. The standard InChI is InChI=1S/C9H9NO7S.Na/c11-4-6(9(14)18(15,16)17)7-3-5(8(12)13)1-2-10-7;/h1-4,6,9,14H,(H,12,13)(H,15,16,17);/q;+1/p-1. The molecule has 1 rings (SSSR count). The molecule has 0 aliphatic carbocycles. The van der Waals surface area contributed by atoms with Gasteiger partial charge in [0.05, 0.1) is 17.2 Å². The Morgan fingerprint density at radius 2 is 2.05 bits per heavy atom. The number of aliphatic hydroxyl groups is 1. The van der Waals surface area contributed by atoms with Crippen LogP contribution in [0.15, 0.2) is 18.3 Å². The average Bonchev–Trinajstić information content (AvgIpc) is 2.29. The normalized spacial score (nSPS) is 14.0. The van der Waals surface area contributed by atoms with Gasteiger partial charge in [-0.15, -0.1) is 0 Å². The van der Waals surface area contributed by atoms with Gasteiger partial charge in [-0.2, -0.15) is 0 Å². The van der Waals surface area contributed by atoms with Crippen molar-refractivity contribution in [3.63, 3.8) is 0 Å². The minimum atomic E-state index is -5.11. The first kappa shape index (κ1) is 18.2. The molecule has 0 aromatic carbocycles. The Balaban J connectivity index is 0.00000324. The number of aldehydes is 1. The summed E-state index contributed by atoms with van der Waals surface area (Å²) in [6.45, 7) is 0. The Bertz CT molecular complexity index is 574. The number of hydrogen-bond acceptors (Lipinski definition) is 7. The van der Waals surface area contributed by atoms with E-state index in [2.05, 4.69) is 4.98 Å². The Hall–Kier alpha value is -0.840. The predicted octanol–water partition coefficient (Wildman–Crippen LogP) is -4.07. The van der Waals surface area contributed by atoms with E-state index in [0.717, 1.165) is 18.3 Å². The molecule has 0 amide bonds. The van der Waals surface area contributed by atoms with E-state index in [4.69, 9.17) is 5.11 Å². The molecule has 19 heavy (non-hydrogen) atoms. The molecular formula is C9H8NNaO7S. The Morgan fingerprint density at radius 1 is 1.47 bits per heavy atom. The van der Waals surface area contributed by atoms with Crippen LogP contribution in [0.5, 0.6) is 0 Å². The predicted molar refractivity (Wildman–Crippen MR) is 55.7 cm³/mol. The zero-order chi connectivity index (χ0) is 13.9. The van der Waals surface area contributed by atoms with Gasteiger partial charge in [0.25, 0.3) is 0 Å². The third-order valence-corrected chi connectivity index (χ3v) is 3.00. The van der Waals surface area contributed by atoms with Gasteiger partial charge in [-0.25, -0.2) is 13.2 Å². The van der Waals surface area contributed by atoms with Gasteiger partial charge in [0.15, 0.2) is 5.44 Å². The molecular weight excluding hydrogens is 289 g/mol. The van der Waals surface area contributed by atoms with Crippen LogP contribution in [0.4, 0.5) is 0 Å². The van der Waals surface area contributed by atoms with E-state index in [1.54, 1.807) is 0 Å². The molecule has 0 bridgehead atoms. The van der Waals surface area contributed by atoms with Gasteiger partial charge in [-0.05, 0) is 12.1 Å². The summed E-state index contributed by atoms with van der Waals surface area (Å²) in [5, 5.41) is 17.9. The quantitative estimate of drug-likeness (QED) is 0.317. The van der Waals surface area contributed by atoms with Crippen LogP contribution in [0.2, 0.25) is 0 Å². The number of rotatable bonds is 5. The van der Waals surface area contributed by atoms with Crippen LogP contribution in [-0.2, 0) is 14.9 Å². The average molecular weight is 297 g/mol. The van der Waals surface area contributed by atoms with Crippen LogP contribution < -0.4 is 29.6 Å². The zero-order valence-electron chi connectivity index (χ0n) is 9.76. The maximum Gasteiger partial charge on any atom is 1.00 e. The molecule has 0 radical (unpaired) electrons. The summed E-state index contributed by atoms with van der Waals surface area (Å²) in [6, 6.07) is 2.03. The molecule has 2 unspecified atom stereocenters. The van der Waals surface area contributed by atoms with Gasteiger partial charge < -0.3 is 19.6 Å². The Morgan fingerprint density at radius 3 is 2.47 bits per heavy atom. The van der Waals surface area contributed by atoms with Gasteiger partial charge >= 0.3 is 35.5 Å². The maximum atomic E-state index is 10.7. The van der Waals surface area contributed by atoms with E-state index in [-0.39, 0.29) is 47.1 Å². The van der Waals surface area contributed by atoms with Gasteiger partial charge in [-0.1, -0.05) is 0 Å². The molecule has 0 saturated heterocycles. The van der Waals surface area contributed by atoms with E-state index < -0.39 is 27.4 Å². The van der Waals surface area contributed by atoms with Crippen molar-refractivity contribution in [3.05, 3.63) is 29.6 Å². The van der Waals surface area contributed by atoms with Crippen molar-refractivity contribution >= 4 is 22.4 Å². The number of carboxylic acids is 1. The molecule has 1 aromatic heterocycles. The van der Waals surface area contributed by atoms with Crippen LogP contribution >= 0.6 is 0 Å². The van der Waals surface area contributed by atoms with Crippen molar-refractivity contribution in [3.8, 4) is 0 Å². The van der Waals surface area contributed by atoms with Crippen molar-refractivity contribution in [2.24, 2.45) is 0 Å². The van der Waals surface area contributed by atoms with E-state index in [9.17, 15) is 27.7 Å². The fraction of sp³-hybridized carbons (Fsp3) is 0.222. The topological polar surface area (TPSA) is 145 Å². The molecule has 2 atom stereocenters. The first-order chi connectivity index (χ1) is 8.27. The van der Waals surface area contributed by atoms with Crippen molar-refractivity contribution in [1.82, 2.24) is 4.98 Å². The number of hydrogen-bond donors (Lipinski definition) is 2. The minimum absolute atomic E-state index is 0. The summed E-state index contributed by atoms with van der Waals surface area (Å²) in [5.74, 6) is -3.05. The van der Waals surface area contributed by atoms with Crippen molar-refractivity contribution < 1.29 is 62.3 Å². The SMILES string of the molecule is O=CC(c1cc(C(=O)O)ccn1)C(O)S(=O)(=O)[O-].[Na+]. The second kappa shape index (κ2) is 7.08. The number of aliphatic hydroxyl groups excluding tert-OH is 1. The number of carbonyl (C=O) groups is 2. The summed E-state index contributed by atoms with van der Waals surface area (Å²) in [7, 11) is -5.11. The summed E-state index contributed by atoms with van der Waals surface area (Å²) < 4.78 is 31.8. The third kappa shape index (κ3) is 4.64. The van der Waals surface area contributed by atoms with Crippen LogP contribution in [0.25, 0.3) is 0 Å². The van der Waals surface area contributed by atoms with E-state index in [1.807, 2.05) is 0 Å². The molecule has 0 spiro atoms. The van der Waals surface area contributed by atoms with Crippen LogP contribution in [0, 0.1) is 0 Å². The van der Waals surface area contributed by atoms with Crippen molar-refractivity contribution in [2.45, 2.75) is 11.4 Å². The number of nitrogens with zero attached hydrogens (tertiary/aromatic N) is 1. The summed E-state index contributed by atoms with van der Waals surface area (Å²) in [5.41, 5.74) is -3.06. The van der Waals surface area contributed by atoms with Gasteiger partial charge in [0.1, 0.15) is 16.4 Å². The van der Waals surface area contributed by atoms with Gasteiger partial charge in [0, 0.05) is 6.20 Å². The Labute approximate surface area is 130 Å². The molecule has 2 N–H and O–H groups in total. The number of pyridine rings is 1. The van der Waals surface area contributed by atoms with E-state index in [1.165, 1.54) is 0 Å². The first-order valence-corrected chi connectivity index (χ1v) is 6.02. The smallest absolute Gasteiger partial charge is 0.746 e. The fourth-order valence-electron chi connectivity index (χ4n) is 1.23. The van der Waals surface area contributed by atoms with Gasteiger partial charge in [-0.3, -0.25) is 4.98 Å². The second-order valence-electron chi connectivity index (χ2n) is 3.32. The number of aromatic carboxylic acids is 1. The molecule has 0 aliphatic rings. The van der Waals surface area contributed by atoms with Crippen LogP contribution in [0.1, 0.15) is 22.0 Å². The van der Waals surface area contributed by atoms with Crippen molar-refractivity contribution in [2.75, 3.05) is 0 Å². The maximum absolute atomic E-state index is 10.7. The molecule has 0 fully saturated rings. The molecule has 10 heteroatoms. The number of carbonyl (C=O) groups excluding carboxylic acids is 1. The number of aromatic nitrogens is 1. The molecule has 1 aromatic rings. The monoisotopic (exact) mass is 297 g/mol. The summed E-state index contributed by atoms with van der Waals surface area (Å²) >= 11 is 0. The number of carboxylic acid groups (broad SMARTS) is 1. The van der Waals surface area contributed by atoms with Crippen LogP contribution in [-0.4, -0.2) is 45.9 Å².